The standard InChI is InChI=1S/C74H135NO8/c1-6-8-10-12-14-16-18-20-22-24-26-28-29-30-31-32-33-34-35-36-37-38-39-40-41-42-43-45-46-48-50-52-54-56-58-60-62-64-71(76)81-68-70(69-82-74(73(78)79)80-67-66-75(3,4)5)83-72(77)65-63-61-59-57-55-53-51-49-47-44-27-25-23-21-19-17-15-13-11-9-7-2/h9,11,15,17,21,23-24,26-27,44,70,74H,6-8,10,12-14,16,18-20,22,25,28-43,45-69H2,1-5H3/b11-9-,17-15-,23-21-,26-24-,44-27-. The quantitative estimate of drug-likeness (QED) is 0.0195. The van der Waals surface area contributed by atoms with Gasteiger partial charge in [0.1, 0.15) is 13.2 Å². The van der Waals surface area contributed by atoms with Crippen LogP contribution in [0.4, 0.5) is 0 Å². The van der Waals surface area contributed by atoms with E-state index in [1.54, 1.807) is 0 Å². The first-order chi connectivity index (χ1) is 40.6. The van der Waals surface area contributed by atoms with Crippen molar-refractivity contribution in [1.82, 2.24) is 0 Å². The van der Waals surface area contributed by atoms with E-state index < -0.39 is 24.3 Å². The number of rotatable bonds is 66. The minimum absolute atomic E-state index is 0.146. The Balaban J connectivity index is 4.00. The first-order valence-corrected chi connectivity index (χ1v) is 35.4. The summed E-state index contributed by atoms with van der Waals surface area (Å²) >= 11 is 0. The van der Waals surface area contributed by atoms with Crippen LogP contribution in [-0.4, -0.2) is 82.3 Å². The van der Waals surface area contributed by atoms with Crippen LogP contribution >= 0.6 is 0 Å². The number of hydrogen-bond acceptors (Lipinski definition) is 8. The van der Waals surface area contributed by atoms with E-state index in [4.69, 9.17) is 18.9 Å². The van der Waals surface area contributed by atoms with Crippen LogP contribution in [-0.2, 0) is 33.3 Å². The van der Waals surface area contributed by atoms with Crippen molar-refractivity contribution < 1.29 is 42.9 Å². The van der Waals surface area contributed by atoms with Gasteiger partial charge in [0.05, 0.1) is 40.3 Å². The van der Waals surface area contributed by atoms with Crippen LogP contribution in [0.25, 0.3) is 0 Å². The van der Waals surface area contributed by atoms with Gasteiger partial charge in [-0.25, -0.2) is 0 Å². The maximum atomic E-state index is 12.9. The molecule has 0 spiro atoms. The Morgan fingerprint density at radius 3 is 1.04 bits per heavy atom. The number of ether oxygens (including phenoxy) is 4. The minimum Gasteiger partial charge on any atom is -0.545 e. The van der Waals surface area contributed by atoms with Gasteiger partial charge < -0.3 is 33.3 Å². The zero-order valence-corrected chi connectivity index (χ0v) is 55.3. The number of carbonyl (C=O) groups excluding carboxylic acids is 3. The third-order valence-electron chi connectivity index (χ3n) is 15.7. The zero-order chi connectivity index (χ0) is 60.5. The van der Waals surface area contributed by atoms with Crippen LogP contribution in [0.1, 0.15) is 335 Å². The van der Waals surface area contributed by atoms with Crippen molar-refractivity contribution in [1.29, 1.82) is 0 Å². The summed E-state index contributed by atoms with van der Waals surface area (Å²) in [5.74, 6) is -2.28. The summed E-state index contributed by atoms with van der Waals surface area (Å²) in [5, 5.41) is 11.8. The maximum absolute atomic E-state index is 12.9. The summed E-state index contributed by atoms with van der Waals surface area (Å²) in [6.45, 7) is 4.67. The van der Waals surface area contributed by atoms with E-state index in [1.807, 2.05) is 21.1 Å². The number of likely N-dealkylation sites (N-methyl/N-ethyl adjacent to an activating group) is 1. The lowest BCUT2D eigenvalue weighted by Crippen LogP contribution is -2.44. The van der Waals surface area contributed by atoms with E-state index in [-0.39, 0.29) is 32.2 Å². The zero-order valence-electron chi connectivity index (χ0n) is 55.3. The SMILES string of the molecule is CC/C=C\C/C=C\C/C=C\C/C=C\CCCCCCCCCCC(=O)OC(COC(=O)CCCCCCCCCCCCCCCCCCCCCCCCCCC/C=C\CCCCCCCCCC)COC(OCC[N+](C)(C)C)C(=O)[O-]. The summed E-state index contributed by atoms with van der Waals surface area (Å²) in [4.78, 5) is 37.4. The molecule has 2 atom stereocenters. The number of nitrogens with zero attached hydrogens (tertiary/aromatic N) is 1. The highest BCUT2D eigenvalue weighted by atomic mass is 16.7. The predicted molar refractivity (Wildman–Crippen MR) is 352 cm³/mol. The molecule has 0 bridgehead atoms. The highest BCUT2D eigenvalue weighted by molar-refractivity contribution is 5.70. The van der Waals surface area contributed by atoms with Gasteiger partial charge >= 0.3 is 11.9 Å². The van der Waals surface area contributed by atoms with E-state index >= 15 is 0 Å². The van der Waals surface area contributed by atoms with Gasteiger partial charge in [0.25, 0.3) is 0 Å². The van der Waals surface area contributed by atoms with Crippen molar-refractivity contribution in [2.75, 3.05) is 47.5 Å². The fourth-order valence-electron chi connectivity index (χ4n) is 10.4. The molecule has 2 unspecified atom stereocenters. The topological polar surface area (TPSA) is 111 Å². The largest absolute Gasteiger partial charge is 0.545 e. The smallest absolute Gasteiger partial charge is 0.306 e. The molecule has 0 aromatic carbocycles. The van der Waals surface area contributed by atoms with E-state index in [1.165, 1.54) is 231 Å². The van der Waals surface area contributed by atoms with Gasteiger partial charge in [-0.2, -0.15) is 0 Å². The number of carbonyl (C=O) groups is 3. The average molecular weight is 1170 g/mol. The molecule has 0 heterocycles. The summed E-state index contributed by atoms with van der Waals surface area (Å²) < 4.78 is 22.8. The van der Waals surface area contributed by atoms with Gasteiger partial charge in [0.15, 0.2) is 12.4 Å². The summed E-state index contributed by atoms with van der Waals surface area (Å²) in [6, 6.07) is 0. The molecule has 0 saturated heterocycles. The molecule has 9 heteroatoms. The first kappa shape index (κ1) is 80.0. The van der Waals surface area contributed by atoms with Crippen LogP contribution in [0, 0.1) is 0 Å². The highest BCUT2D eigenvalue weighted by Gasteiger charge is 2.22. The second-order valence-electron chi connectivity index (χ2n) is 25.1. The molecule has 0 aliphatic carbocycles. The van der Waals surface area contributed by atoms with E-state index in [2.05, 4.69) is 74.6 Å². The molecular formula is C74H135NO8. The third-order valence-corrected chi connectivity index (χ3v) is 15.7. The Labute approximate surface area is 514 Å². The van der Waals surface area contributed by atoms with Crippen LogP contribution in [0.3, 0.4) is 0 Å². The monoisotopic (exact) mass is 1170 g/mol. The van der Waals surface area contributed by atoms with Gasteiger partial charge in [0, 0.05) is 12.8 Å². The summed E-state index contributed by atoms with van der Waals surface area (Å²) in [7, 11) is 5.93. The summed E-state index contributed by atoms with van der Waals surface area (Å²) in [5.41, 5.74) is 0. The molecule has 0 amide bonds. The lowest BCUT2D eigenvalue weighted by molar-refractivity contribution is -0.870. The van der Waals surface area contributed by atoms with Crippen LogP contribution in [0.5, 0.6) is 0 Å². The number of hydrogen-bond donors (Lipinski definition) is 0. The Bertz CT molecular complexity index is 1550. The molecule has 0 aromatic rings. The molecule has 83 heavy (non-hydrogen) atoms. The van der Waals surface area contributed by atoms with Crippen molar-refractivity contribution in [2.24, 2.45) is 0 Å². The normalized spacial score (nSPS) is 13.0. The Hall–Kier alpha value is -3.01. The number of allylic oxidation sites excluding steroid dienone is 10. The number of unbranched alkanes of at least 4 members (excludes halogenated alkanes) is 41. The highest BCUT2D eigenvalue weighted by Crippen LogP contribution is 2.18. The molecule has 0 saturated carbocycles. The Morgan fingerprint density at radius 2 is 0.687 bits per heavy atom. The number of aliphatic carboxylic acids is 1. The van der Waals surface area contributed by atoms with Gasteiger partial charge in [-0.15, -0.1) is 0 Å². The fourth-order valence-corrected chi connectivity index (χ4v) is 10.4. The molecule has 0 aromatic heterocycles. The van der Waals surface area contributed by atoms with Gasteiger partial charge in [-0.05, 0) is 77.0 Å². The van der Waals surface area contributed by atoms with Crippen LogP contribution in [0.15, 0.2) is 60.8 Å². The van der Waals surface area contributed by atoms with Crippen LogP contribution < -0.4 is 5.11 Å². The van der Waals surface area contributed by atoms with Gasteiger partial charge in [-0.3, -0.25) is 9.59 Å². The minimum atomic E-state index is -1.63. The average Bonchev–Trinajstić information content (AvgIpc) is 3.46. The molecule has 0 radical (unpaired) electrons. The lowest BCUT2D eigenvalue weighted by atomic mass is 10.0. The van der Waals surface area contributed by atoms with E-state index in [9.17, 15) is 19.5 Å². The van der Waals surface area contributed by atoms with Gasteiger partial charge in [-0.1, -0.05) is 306 Å². The van der Waals surface area contributed by atoms with E-state index in [0.29, 0.717) is 23.9 Å². The van der Waals surface area contributed by atoms with Crippen molar-refractivity contribution >= 4 is 17.9 Å². The maximum Gasteiger partial charge on any atom is 0.306 e. The summed E-state index contributed by atoms with van der Waals surface area (Å²) in [6.07, 6.45) is 81.8. The lowest BCUT2D eigenvalue weighted by Gasteiger charge is -2.26. The van der Waals surface area contributed by atoms with Gasteiger partial charge in [0.2, 0.25) is 0 Å². The van der Waals surface area contributed by atoms with Crippen molar-refractivity contribution in [3.05, 3.63) is 60.8 Å². The molecule has 484 valence electrons. The molecule has 9 nitrogen and oxygen atoms in total. The fraction of sp³-hybridized carbons (Fsp3) is 0.824. The first-order valence-electron chi connectivity index (χ1n) is 35.4. The second kappa shape index (κ2) is 65.0. The van der Waals surface area contributed by atoms with Crippen molar-refractivity contribution in [2.45, 2.75) is 347 Å². The molecule has 0 fully saturated rings. The van der Waals surface area contributed by atoms with E-state index in [0.717, 1.165) is 70.6 Å². The molecule has 0 rings (SSSR count). The number of carboxylic acids is 1. The third kappa shape index (κ3) is 66.4. The molecule has 0 aliphatic rings. The predicted octanol–water partition coefficient (Wildman–Crippen LogP) is 20.6. The number of esters is 2. The number of quaternary nitrogens is 1. The van der Waals surface area contributed by atoms with Crippen molar-refractivity contribution in [3.8, 4) is 0 Å². The molecule has 0 N–H and O–H groups in total. The molecule has 0 aliphatic heterocycles. The van der Waals surface area contributed by atoms with Crippen LogP contribution in [0.2, 0.25) is 0 Å². The Kier molecular flexibility index (Phi) is 62.6. The van der Waals surface area contributed by atoms with Crippen molar-refractivity contribution in [3.63, 3.8) is 0 Å². The second-order valence-corrected chi connectivity index (χ2v) is 25.1. The Morgan fingerprint density at radius 1 is 0.373 bits per heavy atom. The molecular weight excluding hydrogens is 1030 g/mol. The number of carboxylic acid groups (broad SMARTS) is 1.